The standard InChI is InChI=1S/C19H19BrFNO3/c1-24-15-7-4-13(5-8-15)19(12-2-3-12)22-18(23)11-25-17-9-6-14(21)10-16(17)20/h4-10,12,19H,2-3,11H2,1H3,(H,22,23). The molecule has 1 amide bonds. The van der Waals surface area contributed by atoms with Gasteiger partial charge in [0, 0.05) is 0 Å². The van der Waals surface area contributed by atoms with E-state index in [-0.39, 0.29) is 24.4 Å². The number of nitrogens with one attached hydrogen (secondary N) is 1. The Bertz CT molecular complexity index is 747. The Kier molecular flexibility index (Phi) is 5.58. The lowest BCUT2D eigenvalue weighted by Gasteiger charge is -2.19. The molecule has 4 nitrogen and oxygen atoms in total. The van der Waals surface area contributed by atoms with Crippen molar-refractivity contribution >= 4 is 21.8 Å². The third-order valence-corrected chi connectivity index (χ3v) is 4.76. The number of carbonyl (C=O) groups excluding carboxylic acids is 1. The zero-order valence-corrected chi connectivity index (χ0v) is 15.4. The van der Waals surface area contributed by atoms with Crippen LogP contribution in [-0.2, 0) is 4.79 Å². The third kappa shape index (κ3) is 4.72. The molecular weight excluding hydrogens is 389 g/mol. The monoisotopic (exact) mass is 407 g/mol. The van der Waals surface area contributed by atoms with Gasteiger partial charge in [-0.3, -0.25) is 4.79 Å². The molecule has 1 N–H and O–H groups in total. The average Bonchev–Trinajstić information content (AvgIpc) is 3.44. The number of benzene rings is 2. The maximum atomic E-state index is 13.1. The predicted molar refractivity (Wildman–Crippen MR) is 96.2 cm³/mol. The minimum absolute atomic E-state index is 0.0290. The molecule has 3 rings (SSSR count). The zero-order chi connectivity index (χ0) is 17.8. The van der Waals surface area contributed by atoms with Crippen LogP contribution in [0.1, 0.15) is 24.4 Å². The quantitative estimate of drug-likeness (QED) is 0.746. The van der Waals surface area contributed by atoms with Crippen molar-refractivity contribution < 1.29 is 18.7 Å². The number of methoxy groups -OCH3 is 1. The molecule has 1 saturated carbocycles. The van der Waals surface area contributed by atoms with Crippen LogP contribution in [-0.4, -0.2) is 19.6 Å². The van der Waals surface area contributed by atoms with Crippen LogP contribution in [0, 0.1) is 11.7 Å². The highest BCUT2D eigenvalue weighted by molar-refractivity contribution is 9.10. The van der Waals surface area contributed by atoms with Crippen LogP contribution < -0.4 is 14.8 Å². The largest absolute Gasteiger partial charge is 0.497 e. The summed E-state index contributed by atoms with van der Waals surface area (Å²) in [7, 11) is 1.63. The summed E-state index contributed by atoms with van der Waals surface area (Å²) in [4.78, 5) is 12.3. The van der Waals surface area contributed by atoms with Crippen LogP contribution in [0.25, 0.3) is 0 Å². The molecule has 2 aromatic rings. The fourth-order valence-electron chi connectivity index (χ4n) is 2.66. The average molecular weight is 408 g/mol. The Morgan fingerprint density at radius 3 is 2.60 bits per heavy atom. The Labute approximate surface area is 154 Å². The summed E-state index contributed by atoms with van der Waals surface area (Å²) in [6.45, 7) is -0.121. The van der Waals surface area contributed by atoms with E-state index in [0.29, 0.717) is 16.1 Å². The van der Waals surface area contributed by atoms with E-state index in [0.717, 1.165) is 24.2 Å². The fourth-order valence-corrected chi connectivity index (χ4v) is 3.13. The van der Waals surface area contributed by atoms with Crippen molar-refractivity contribution in [3.05, 3.63) is 58.3 Å². The molecule has 0 spiro atoms. The molecule has 1 fully saturated rings. The first-order chi connectivity index (χ1) is 12.1. The van der Waals surface area contributed by atoms with Crippen molar-refractivity contribution in [2.24, 2.45) is 5.92 Å². The molecule has 1 unspecified atom stereocenters. The smallest absolute Gasteiger partial charge is 0.258 e. The van der Waals surface area contributed by atoms with E-state index in [1.807, 2.05) is 24.3 Å². The Morgan fingerprint density at radius 1 is 1.28 bits per heavy atom. The second-order valence-electron chi connectivity index (χ2n) is 6.02. The van der Waals surface area contributed by atoms with Gasteiger partial charge in [-0.05, 0) is 70.6 Å². The number of halogens is 2. The Balaban J connectivity index is 1.61. The number of hydrogen-bond donors (Lipinski definition) is 1. The number of hydrogen-bond acceptors (Lipinski definition) is 3. The summed E-state index contributed by atoms with van der Waals surface area (Å²) in [6, 6.07) is 11.8. The van der Waals surface area contributed by atoms with Crippen LogP contribution in [0.3, 0.4) is 0 Å². The lowest BCUT2D eigenvalue weighted by atomic mass is 10.0. The van der Waals surface area contributed by atoms with E-state index in [4.69, 9.17) is 9.47 Å². The van der Waals surface area contributed by atoms with Gasteiger partial charge in [0.05, 0.1) is 17.6 Å². The number of rotatable bonds is 7. The Hall–Kier alpha value is -2.08. The normalized spacial score (nSPS) is 14.7. The van der Waals surface area contributed by atoms with Crippen molar-refractivity contribution in [2.75, 3.05) is 13.7 Å². The molecular formula is C19H19BrFNO3. The fraction of sp³-hybridized carbons (Fsp3) is 0.316. The van der Waals surface area contributed by atoms with Gasteiger partial charge in [-0.25, -0.2) is 4.39 Å². The minimum Gasteiger partial charge on any atom is -0.497 e. The molecule has 2 aromatic carbocycles. The highest BCUT2D eigenvalue weighted by atomic mass is 79.9. The summed E-state index contributed by atoms with van der Waals surface area (Å²) in [5.41, 5.74) is 1.06. The topological polar surface area (TPSA) is 47.6 Å². The SMILES string of the molecule is COc1ccc(C(NC(=O)COc2ccc(F)cc2Br)C2CC2)cc1. The molecule has 1 aliphatic rings. The van der Waals surface area contributed by atoms with Crippen molar-refractivity contribution in [3.63, 3.8) is 0 Å². The first-order valence-electron chi connectivity index (χ1n) is 8.08. The van der Waals surface area contributed by atoms with Crippen molar-refractivity contribution in [1.82, 2.24) is 5.32 Å². The van der Waals surface area contributed by atoms with Crippen LogP contribution in [0.2, 0.25) is 0 Å². The van der Waals surface area contributed by atoms with Crippen molar-refractivity contribution in [2.45, 2.75) is 18.9 Å². The highest BCUT2D eigenvalue weighted by Gasteiger charge is 2.33. The molecule has 0 heterocycles. The Morgan fingerprint density at radius 2 is 2.00 bits per heavy atom. The van der Waals surface area contributed by atoms with Crippen LogP contribution in [0.15, 0.2) is 46.9 Å². The van der Waals surface area contributed by atoms with Crippen molar-refractivity contribution in [1.29, 1.82) is 0 Å². The van der Waals surface area contributed by atoms with Gasteiger partial charge in [-0.1, -0.05) is 12.1 Å². The lowest BCUT2D eigenvalue weighted by molar-refractivity contribution is -0.124. The summed E-state index contributed by atoms with van der Waals surface area (Å²) in [6.07, 6.45) is 2.20. The second kappa shape index (κ2) is 7.87. The third-order valence-electron chi connectivity index (χ3n) is 4.14. The number of ether oxygens (including phenoxy) is 2. The summed E-state index contributed by atoms with van der Waals surface area (Å²) in [5.74, 6) is 1.11. The molecule has 0 radical (unpaired) electrons. The van der Waals surface area contributed by atoms with E-state index in [1.54, 1.807) is 7.11 Å². The van der Waals surface area contributed by atoms with Gasteiger partial charge in [0.15, 0.2) is 6.61 Å². The van der Waals surface area contributed by atoms with Crippen molar-refractivity contribution in [3.8, 4) is 11.5 Å². The van der Waals surface area contributed by atoms with Gasteiger partial charge in [-0.2, -0.15) is 0 Å². The van der Waals surface area contributed by atoms with Gasteiger partial charge in [0.1, 0.15) is 17.3 Å². The molecule has 0 aliphatic heterocycles. The van der Waals surface area contributed by atoms with Crippen LogP contribution >= 0.6 is 15.9 Å². The molecule has 132 valence electrons. The molecule has 1 aliphatic carbocycles. The van der Waals surface area contributed by atoms with Gasteiger partial charge in [0.25, 0.3) is 5.91 Å². The summed E-state index contributed by atoms with van der Waals surface area (Å²) < 4.78 is 24.2. The zero-order valence-electron chi connectivity index (χ0n) is 13.8. The van der Waals surface area contributed by atoms with E-state index in [9.17, 15) is 9.18 Å². The molecule has 25 heavy (non-hydrogen) atoms. The lowest BCUT2D eigenvalue weighted by Crippen LogP contribution is -2.33. The first kappa shape index (κ1) is 17.7. The van der Waals surface area contributed by atoms with Crippen LogP contribution in [0.4, 0.5) is 4.39 Å². The van der Waals surface area contributed by atoms with Gasteiger partial charge in [-0.15, -0.1) is 0 Å². The first-order valence-corrected chi connectivity index (χ1v) is 8.87. The molecule has 0 aromatic heterocycles. The summed E-state index contributed by atoms with van der Waals surface area (Å²) >= 11 is 3.22. The second-order valence-corrected chi connectivity index (χ2v) is 6.87. The minimum atomic E-state index is -0.364. The maximum absolute atomic E-state index is 13.1. The molecule has 6 heteroatoms. The van der Waals surface area contributed by atoms with Gasteiger partial charge in [0.2, 0.25) is 0 Å². The van der Waals surface area contributed by atoms with E-state index < -0.39 is 0 Å². The van der Waals surface area contributed by atoms with E-state index >= 15 is 0 Å². The van der Waals surface area contributed by atoms with E-state index in [2.05, 4.69) is 21.2 Å². The number of amides is 1. The van der Waals surface area contributed by atoms with Gasteiger partial charge < -0.3 is 14.8 Å². The predicted octanol–water partition coefficient (Wildman–Crippen LogP) is 4.24. The maximum Gasteiger partial charge on any atom is 0.258 e. The molecule has 0 saturated heterocycles. The van der Waals surface area contributed by atoms with Gasteiger partial charge >= 0.3 is 0 Å². The van der Waals surface area contributed by atoms with Crippen LogP contribution in [0.5, 0.6) is 11.5 Å². The summed E-state index contributed by atoms with van der Waals surface area (Å²) in [5, 5.41) is 3.04. The highest BCUT2D eigenvalue weighted by Crippen LogP contribution is 2.41. The van der Waals surface area contributed by atoms with E-state index in [1.165, 1.54) is 18.2 Å². The molecule has 1 atom stereocenters. The molecule has 0 bridgehead atoms. The number of carbonyl (C=O) groups is 1.